The average molecular weight is 284 g/mol. The molecule has 106 valence electrons. The van der Waals surface area contributed by atoms with Gasteiger partial charge >= 0.3 is 0 Å². The lowest BCUT2D eigenvalue weighted by molar-refractivity contribution is -0.113. The Hall–Kier alpha value is -1.56. The molecule has 0 heterocycles. The second kappa shape index (κ2) is 6.06. The van der Waals surface area contributed by atoms with Crippen molar-refractivity contribution in [3.05, 3.63) is 23.8 Å². The van der Waals surface area contributed by atoms with Crippen molar-refractivity contribution in [2.45, 2.75) is 20.8 Å². The number of hydrogen-bond acceptors (Lipinski definition) is 4. The summed E-state index contributed by atoms with van der Waals surface area (Å²) in [6.45, 7) is 5.40. The fourth-order valence-corrected chi connectivity index (χ4v) is 3.41. The largest absolute Gasteiger partial charge is 0.397 e. The van der Waals surface area contributed by atoms with Crippen LogP contribution in [-0.4, -0.2) is 25.8 Å². The van der Waals surface area contributed by atoms with Gasteiger partial charge in [0.1, 0.15) is 5.75 Å². The Morgan fingerprint density at radius 3 is 2.53 bits per heavy atom. The molecule has 6 heteroatoms. The van der Waals surface area contributed by atoms with Gasteiger partial charge in [0.15, 0.2) is 9.84 Å². The second-order valence-corrected chi connectivity index (χ2v) is 7.14. The Labute approximate surface area is 114 Å². The second-order valence-electron chi connectivity index (χ2n) is 5.04. The predicted octanol–water partition coefficient (Wildman–Crippen LogP) is 1.59. The fraction of sp³-hybridized carbons (Fsp3) is 0.462. The molecule has 0 unspecified atom stereocenters. The van der Waals surface area contributed by atoms with Gasteiger partial charge in [0.2, 0.25) is 5.91 Å². The quantitative estimate of drug-likeness (QED) is 0.803. The molecule has 5 nitrogen and oxygen atoms in total. The summed E-state index contributed by atoms with van der Waals surface area (Å²) in [7, 11) is -3.38. The van der Waals surface area contributed by atoms with E-state index in [2.05, 4.69) is 5.32 Å². The fourth-order valence-electron chi connectivity index (χ4n) is 1.80. The molecule has 19 heavy (non-hydrogen) atoms. The van der Waals surface area contributed by atoms with Crippen molar-refractivity contribution in [1.82, 2.24) is 0 Å². The first-order valence-corrected chi connectivity index (χ1v) is 7.89. The maximum atomic E-state index is 11.8. The van der Waals surface area contributed by atoms with Crippen LogP contribution in [0.5, 0.6) is 0 Å². The molecule has 0 aromatic heterocycles. The van der Waals surface area contributed by atoms with Gasteiger partial charge in [0, 0.05) is 0 Å². The summed E-state index contributed by atoms with van der Waals surface area (Å²) in [4.78, 5) is 11.8. The summed E-state index contributed by atoms with van der Waals surface area (Å²) >= 11 is 0. The minimum Gasteiger partial charge on any atom is -0.397 e. The zero-order chi connectivity index (χ0) is 14.6. The molecule has 0 aliphatic rings. The van der Waals surface area contributed by atoms with Crippen molar-refractivity contribution in [3.8, 4) is 0 Å². The number of carbonyl (C=O) groups is 1. The van der Waals surface area contributed by atoms with E-state index in [0.717, 1.165) is 5.56 Å². The third-order valence-electron chi connectivity index (χ3n) is 2.51. The van der Waals surface area contributed by atoms with E-state index in [9.17, 15) is 13.2 Å². The Bertz CT molecular complexity index is 545. The van der Waals surface area contributed by atoms with Crippen LogP contribution in [0.4, 0.5) is 11.4 Å². The van der Waals surface area contributed by atoms with Crippen molar-refractivity contribution >= 4 is 27.1 Å². The molecule has 1 aromatic rings. The van der Waals surface area contributed by atoms with Crippen LogP contribution in [0, 0.1) is 12.8 Å². The molecule has 1 aromatic carbocycles. The van der Waals surface area contributed by atoms with Crippen LogP contribution in [0.25, 0.3) is 0 Å². The highest BCUT2D eigenvalue weighted by Gasteiger charge is 2.19. The van der Waals surface area contributed by atoms with E-state index in [1.807, 2.05) is 0 Å². The van der Waals surface area contributed by atoms with Gasteiger partial charge in [-0.25, -0.2) is 8.42 Å². The molecule has 0 aliphatic carbocycles. The average Bonchev–Trinajstić information content (AvgIpc) is 2.20. The number of nitrogens with one attached hydrogen (secondary N) is 1. The molecular formula is C13H20N2O3S. The van der Waals surface area contributed by atoms with Gasteiger partial charge in [-0.3, -0.25) is 4.79 Å². The van der Waals surface area contributed by atoms with Crippen molar-refractivity contribution in [3.63, 3.8) is 0 Å². The van der Waals surface area contributed by atoms with Gasteiger partial charge < -0.3 is 11.1 Å². The molecule has 0 radical (unpaired) electrons. The standard InChI is InChI=1S/C13H20N2O3S/c1-9(2)7-19(17,18)8-12(16)15-13-10(3)5-4-6-11(13)14/h4-6,9H,7-8,14H2,1-3H3,(H,15,16). The van der Waals surface area contributed by atoms with Gasteiger partial charge in [0.25, 0.3) is 0 Å². The minimum atomic E-state index is -3.38. The molecule has 3 N–H and O–H groups in total. The Morgan fingerprint density at radius 2 is 2.00 bits per heavy atom. The van der Waals surface area contributed by atoms with E-state index in [4.69, 9.17) is 5.73 Å². The molecule has 0 aliphatic heterocycles. The van der Waals surface area contributed by atoms with Crippen LogP contribution in [-0.2, 0) is 14.6 Å². The van der Waals surface area contributed by atoms with E-state index in [1.165, 1.54) is 0 Å². The monoisotopic (exact) mass is 284 g/mol. The number of sulfone groups is 1. The van der Waals surface area contributed by atoms with Crippen LogP contribution in [0.15, 0.2) is 18.2 Å². The highest BCUT2D eigenvalue weighted by atomic mass is 32.2. The lowest BCUT2D eigenvalue weighted by Crippen LogP contribution is -2.26. The zero-order valence-electron chi connectivity index (χ0n) is 11.4. The summed E-state index contributed by atoms with van der Waals surface area (Å²) in [5.74, 6) is -1.06. The first kappa shape index (κ1) is 15.5. The zero-order valence-corrected chi connectivity index (χ0v) is 12.3. The SMILES string of the molecule is Cc1cccc(N)c1NC(=O)CS(=O)(=O)CC(C)C. The van der Waals surface area contributed by atoms with Crippen LogP contribution in [0.1, 0.15) is 19.4 Å². The summed E-state index contributed by atoms with van der Waals surface area (Å²) < 4.78 is 23.4. The van der Waals surface area contributed by atoms with E-state index < -0.39 is 21.5 Å². The smallest absolute Gasteiger partial charge is 0.239 e. The van der Waals surface area contributed by atoms with Gasteiger partial charge in [-0.1, -0.05) is 26.0 Å². The van der Waals surface area contributed by atoms with Gasteiger partial charge in [-0.05, 0) is 24.5 Å². The van der Waals surface area contributed by atoms with Gasteiger partial charge in [0.05, 0.1) is 17.1 Å². The van der Waals surface area contributed by atoms with E-state index >= 15 is 0 Å². The van der Waals surface area contributed by atoms with E-state index in [0.29, 0.717) is 11.4 Å². The summed E-state index contributed by atoms with van der Waals surface area (Å²) in [5.41, 5.74) is 7.46. The van der Waals surface area contributed by atoms with Gasteiger partial charge in [-0.2, -0.15) is 0 Å². The predicted molar refractivity (Wildman–Crippen MR) is 77.7 cm³/mol. The topological polar surface area (TPSA) is 89.3 Å². The van der Waals surface area contributed by atoms with E-state index in [-0.39, 0.29) is 11.7 Å². The Morgan fingerprint density at radius 1 is 1.37 bits per heavy atom. The number of nitrogen functional groups attached to an aromatic ring is 1. The highest BCUT2D eigenvalue weighted by molar-refractivity contribution is 7.92. The van der Waals surface area contributed by atoms with Gasteiger partial charge in [-0.15, -0.1) is 0 Å². The first-order valence-electron chi connectivity index (χ1n) is 6.06. The van der Waals surface area contributed by atoms with Crippen molar-refractivity contribution in [1.29, 1.82) is 0 Å². The summed E-state index contributed by atoms with van der Waals surface area (Å²) in [5, 5.41) is 2.56. The third kappa shape index (κ3) is 4.90. The number of anilines is 2. The lowest BCUT2D eigenvalue weighted by atomic mass is 10.1. The maximum Gasteiger partial charge on any atom is 0.239 e. The molecule has 0 atom stereocenters. The number of para-hydroxylation sites is 1. The molecule has 0 saturated carbocycles. The number of rotatable bonds is 5. The molecular weight excluding hydrogens is 264 g/mol. The van der Waals surface area contributed by atoms with Crippen LogP contribution in [0.2, 0.25) is 0 Å². The van der Waals surface area contributed by atoms with Crippen LogP contribution >= 0.6 is 0 Å². The molecule has 0 saturated heterocycles. The summed E-state index contributed by atoms with van der Waals surface area (Å²) in [6.07, 6.45) is 0. The first-order chi connectivity index (χ1) is 8.71. The number of hydrogen-bond donors (Lipinski definition) is 2. The van der Waals surface area contributed by atoms with E-state index in [1.54, 1.807) is 39.0 Å². The molecule has 1 amide bonds. The Kier molecular flexibility index (Phi) is 4.94. The summed E-state index contributed by atoms with van der Waals surface area (Å²) in [6, 6.07) is 5.23. The van der Waals surface area contributed by atoms with Crippen molar-refractivity contribution in [2.75, 3.05) is 22.6 Å². The number of benzene rings is 1. The molecule has 0 fully saturated rings. The minimum absolute atomic E-state index is 0.00123. The number of carbonyl (C=O) groups excluding carboxylic acids is 1. The van der Waals surface area contributed by atoms with Crippen molar-refractivity contribution in [2.24, 2.45) is 5.92 Å². The Balaban J connectivity index is 2.76. The van der Waals surface area contributed by atoms with Crippen LogP contribution < -0.4 is 11.1 Å². The normalized spacial score (nSPS) is 11.6. The number of nitrogens with two attached hydrogens (primary N) is 1. The molecule has 0 spiro atoms. The number of amides is 1. The van der Waals surface area contributed by atoms with Crippen molar-refractivity contribution < 1.29 is 13.2 Å². The molecule has 1 rings (SSSR count). The number of aryl methyl sites for hydroxylation is 1. The highest BCUT2D eigenvalue weighted by Crippen LogP contribution is 2.22. The third-order valence-corrected chi connectivity index (χ3v) is 4.38. The maximum absolute atomic E-state index is 11.8. The van der Waals surface area contributed by atoms with Crippen LogP contribution in [0.3, 0.4) is 0 Å². The molecule has 0 bridgehead atoms. The lowest BCUT2D eigenvalue weighted by Gasteiger charge is -2.12.